The molecule has 16 heavy (non-hydrogen) atoms. The molecule has 0 radical (unpaired) electrons. The molecule has 0 bridgehead atoms. The molecule has 1 aliphatic heterocycles. The van der Waals surface area contributed by atoms with Crippen LogP contribution in [0.5, 0.6) is 0 Å². The number of amides is 1. The predicted molar refractivity (Wildman–Crippen MR) is 65.1 cm³/mol. The summed E-state index contributed by atoms with van der Waals surface area (Å²) in [6.45, 7) is 5.63. The normalized spacial score (nSPS) is 21.5. The lowest BCUT2D eigenvalue weighted by molar-refractivity contribution is -0.139. The van der Waals surface area contributed by atoms with Crippen molar-refractivity contribution in [3.63, 3.8) is 0 Å². The Morgan fingerprint density at radius 3 is 2.50 bits per heavy atom. The van der Waals surface area contributed by atoms with Crippen molar-refractivity contribution >= 4 is 5.91 Å². The molecule has 0 aromatic rings. The number of aliphatic hydroxyl groups excluding tert-OH is 1. The molecule has 1 heterocycles. The van der Waals surface area contributed by atoms with Crippen molar-refractivity contribution in [3.8, 4) is 0 Å². The SMILES string of the molecule is CCCC(CCC)C(=O)N1CCC[C@H](O)C1. The maximum atomic E-state index is 12.2. The highest BCUT2D eigenvalue weighted by atomic mass is 16.3. The summed E-state index contributed by atoms with van der Waals surface area (Å²) in [6, 6.07) is 0. The molecule has 1 rings (SSSR count). The molecule has 3 nitrogen and oxygen atoms in total. The fourth-order valence-corrected chi connectivity index (χ4v) is 2.50. The van der Waals surface area contributed by atoms with Crippen molar-refractivity contribution in [2.75, 3.05) is 13.1 Å². The van der Waals surface area contributed by atoms with Gasteiger partial charge in [-0.1, -0.05) is 26.7 Å². The number of carbonyl (C=O) groups excluding carboxylic acids is 1. The van der Waals surface area contributed by atoms with Gasteiger partial charge in [0.05, 0.1) is 6.10 Å². The van der Waals surface area contributed by atoms with Crippen LogP contribution in [-0.2, 0) is 4.79 Å². The average Bonchev–Trinajstić information content (AvgIpc) is 2.28. The Balaban J connectivity index is 2.51. The fraction of sp³-hybridized carbons (Fsp3) is 0.923. The molecule has 0 saturated carbocycles. The molecule has 94 valence electrons. The number of rotatable bonds is 5. The molecule has 1 atom stereocenters. The zero-order valence-corrected chi connectivity index (χ0v) is 10.6. The van der Waals surface area contributed by atoms with Crippen LogP contribution in [-0.4, -0.2) is 35.1 Å². The van der Waals surface area contributed by atoms with Crippen molar-refractivity contribution in [3.05, 3.63) is 0 Å². The Morgan fingerprint density at radius 2 is 2.00 bits per heavy atom. The first-order chi connectivity index (χ1) is 7.69. The Morgan fingerprint density at radius 1 is 1.38 bits per heavy atom. The van der Waals surface area contributed by atoms with E-state index >= 15 is 0 Å². The minimum atomic E-state index is -0.304. The maximum Gasteiger partial charge on any atom is 0.225 e. The molecule has 1 amide bonds. The van der Waals surface area contributed by atoms with Crippen LogP contribution >= 0.6 is 0 Å². The molecule has 0 aromatic carbocycles. The highest BCUT2D eigenvalue weighted by molar-refractivity contribution is 5.78. The van der Waals surface area contributed by atoms with E-state index in [2.05, 4.69) is 13.8 Å². The summed E-state index contributed by atoms with van der Waals surface area (Å²) in [6.07, 6.45) is 5.58. The molecule has 0 aromatic heterocycles. The minimum absolute atomic E-state index is 0.181. The number of hydrogen-bond acceptors (Lipinski definition) is 2. The van der Waals surface area contributed by atoms with Crippen LogP contribution in [0.1, 0.15) is 52.4 Å². The van der Waals surface area contributed by atoms with E-state index in [1.54, 1.807) is 0 Å². The summed E-state index contributed by atoms with van der Waals surface area (Å²) < 4.78 is 0. The molecule has 1 saturated heterocycles. The lowest BCUT2D eigenvalue weighted by atomic mass is 9.95. The quantitative estimate of drug-likeness (QED) is 0.782. The third-order valence-electron chi connectivity index (χ3n) is 3.33. The summed E-state index contributed by atoms with van der Waals surface area (Å²) in [7, 11) is 0. The van der Waals surface area contributed by atoms with Gasteiger partial charge >= 0.3 is 0 Å². The maximum absolute atomic E-state index is 12.2. The average molecular weight is 227 g/mol. The number of carbonyl (C=O) groups is 1. The van der Waals surface area contributed by atoms with Crippen LogP contribution in [0, 0.1) is 5.92 Å². The smallest absolute Gasteiger partial charge is 0.225 e. The number of hydrogen-bond donors (Lipinski definition) is 1. The van der Waals surface area contributed by atoms with Crippen LogP contribution < -0.4 is 0 Å². The zero-order chi connectivity index (χ0) is 12.0. The monoisotopic (exact) mass is 227 g/mol. The topological polar surface area (TPSA) is 40.5 Å². The Kier molecular flexibility index (Phi) is 5.81. The number of nitrogens with zero attached hydrogens (tertiary/aromatic N) is 1. The number of likely N-dealkylation sites (tertiary alicyclic amines) is 1. The van der Waals surface area contributed by atoms with E-state index in [0.717, 1.165) is 45.1 Å². The number of aliphatic hydroxyl groups is 1. The fourth-order valence-electron chi connectivity index (χ4n) is 2.50. The third kappa shape index (κ3) is 3.78. The second-order valence-corrected chi connectivity index (χ2v) is 4.85. The number of β-amino-alcohol motifs (C(OH)–C–C–N with tert-alkyl or cyclic N) is 1. The zero-order valence-electron chi connectivity index (χ0n) is 10.6. The Bertz CT molecular complexity index is 205. The van der Waals surface area contributed by atoms with E-state index < -0.39 is 0 Å². The van der Waals surface area contributed by atoms with Gasteiger partial charge in [-0.15, -0.1) is 0 Å². The van der Waals surface area contributed by atoms with E-state index in [1.165, 1.54) is 0 Å². The van der Waals surface area contributed by atoms with E-state index in [0.29, 0.717) is 6.54 Å². The van der Waals surface area contributed by atoms with Crippen molar-refractivity contribution < 1.29 is 9.90 Å². The van der Waals surface area contributed by atoms with Gasteiger partial charge in [0.2, 0.25) is 5.91 Å². The van der Waals surface area contributed by atoms with E-state index in [9.17, 15) is 9.90 Å². The molecule has 0 unspecified atom stereocenters. The molecule has 0 aliphatic carbocycles. The van der Waals surface area contributed by atoms with Crippen LogP contribution in [0.15, 0.2) is 0 Å². The summed E-state index contributed by atoms with van der Waals surface area (Å²) >= 11 is 0. The second-order valence-electron chi connectivity index (χ2n) is 4.85. The van der Waals surface area contributed by atoms with E-state index in [1.807, 2.05) is 4.90 Å². The van der Waals surface area contributed by atoms with Gasteiger partial charge in [0, 0.05) is 19.0 Å². The van der Waals surface area contributed by atoms with Gasteiger partial charge < -0.3 is 10.0 Å². The minimum Gasteiger partial charge on any atom is -0.391 e. The van der Waals surface area contributed by atoms with Gasteiger partial charge in [-0.25, -0.2) is 0 Å². The summed E-state index contributed by atoms with van der Waals surface area (Å²) in [5.41, 5.74) is 0. The van der Waals surface area contributed by atoms with Crippen LogP contribution in [0.2, 0.25) is 0 Å². The van der Waals surface area contributed by atoms with Gasteiger partial charge in [-0.2, -0.15) is 0 Å². The first-order valence-corrected chi connectivity index (χ1v) is 6.65. The van der Waals surface area contributed by atoms with Crippen LogP contribution in [0.25, 0.3) is 0 Å². The van der Waals surface area contributed by atoms with Gasteiger partial charge in [0.15, 0.2) is 0 Å². The molecule has 1 aliphatic rings. The van der Waals surface area contributed by atoms with E-state index in [4.69, 9.17) is 0 Å². The summed E-state index contributed by atoms with van der Waals surface area (Å²) in [5.74, 6) is 0.447. The van der Waals surface area contributed by atoms with Crippen LogP contribution in [0.4, 0.5) is 0 Å². The largest absolute Gasteiger partial charge is 0.391 e. The van der Waals surface area contributed by atoms with Crippen molar-refractivity contribution in [1.29, 1.82) is 0 Å². The first-order valence-electron chi connectivity index (χ1n) is 6.65. The summed E-state index contributed by atoms with van der Waals surface area (Å²) in [5, 5.41) is 9.58. The molecule has 3 heteroatoms. The number of piperidine rings is 1. The first kappa shape index (κ1) is 13.5. The van der Waals surface area contributed by atoms with Crippen molar-refractivity contribution in [1.82, 2.24) is 4.90 Å². The standard InChI is InChI=1S/C13H25NO2/c1-3-6-11(7-4-2)13(16)14-9-5-8-12(15)10-14/h11-12,15H,3-10H2,1-2H3/t12-/m0/s1. The molecular formula is C13H25NO2. The predicted octanol–water partition coefficient (Wildman–Crippen LogP) is 2.19. The third-order valence-corrected chi connectivity index (χ3v) is 3.33. The Hall–Kier alpha value is -0.570. The highest BCUT2D eigenvalue weighted by Crippen LogP contribution is 2.19. The van der Waals surface area contributed by atoms with Gasteiger partial charge in [0.1, 0.15) is 0 Å². The van der Waals surface area contributed by atoms with Crippen LogP contribution in [0.3, 0.4) is 0 Å². The van der Waals surface area contributed by atoms with Crippen molar-refractivity contribution in [2.45, 2.75) is 58.5 Å². The molecule has 1 N–H and O–H groups in total. The molecule has 1 fully saturated rings. The van der Waals surface area contributed by atoms with Gasteiger partial charge in [-0.05, 0) is 25.7 Å². The molecule has 0 spiro atoms. The van der Waals surface area contributed by atoms with Crippen molar-refractivity contribution in [2.24, 2.45) is 5.92 Å². The molecular weight excluding hydrogens is 202 g/mol. The second kappa shape index (κ2) is 6.89. The lowest BCUT2D eigenvalue weighted by Gasteiger charge is -2.33. The highest BCUT2D eigenvalue weighted by Gasteiger charge is 2.26. The lowest BCUT2D eigenvalue weighted by Crippen LogP contribution is -2.44. The summed E-state index contributed by atoms with van der Waals surface area (Å²) in [4.78, 5) is 14.1. The van der Waals surface area contributed by atoms with E-state index in [-0.39, 0.29) is 17.9 Å². The Labute approximate surface area is 98.8 Å². The van der Waals surface area contributed by atoms with Gasteiger partial charge in [0.25, 0.3) is 0 Å². The van der Waals surface area contributed by atoms with Gasteiger partial charge in [-0.3, -0.25) is 4.79 Å².